The van der Waals surface area contributed by atoms with Crippen LogP contribution in [0.1, 0.15) is 60.3 Å². The van der Waals surface area contributed by atoms with Crippen LogP contribution in [0.3, 0.4) is 0 Å². The smallest absolute Gasteiger partial charge is 0.303 e. The largest absolute Gasteiger partial charge is 0.481 e. The SMILES string of the molecule is C=C[C@@]1(C)CC[C@H]2[C@](C)(O1)[C@@H](CC(=O)O)C[C@H]1C(C)(C)C(O)C(O)(O)C(=O)[C@@]12C. The van der Waals surface area contributed by atoms with Crippen molar-refractivity contribution in [1.82, 2.24) is 0 Å². The monoisotopic (exact) mass is 410 g/mol. The number of carbonyl (C=O) groups is 2. The molecular weight excluding hydrogens is 376 g/mol. The van der Waals surface area contributed by atoms with Gasteiger partial charge >= 0.3 is 5.97 Å². The van der Waals surface area contributed by atoms with Crippen molar-refractivity contribution < 1.29 is 34.8 Å². The first-order valence-electron chi connectivity index (χ1n) is 10.3. The zero-order valence-corrected chi connectivity index (χ0v) is 17.9. The van der Waals surface area contributed by atoms with Gasteiger partial charge in [0.25, 0.3) is 5.79 Å². The number of carboxylic acids is 1. The van der Waals surface area contributed by atoms with Crippen LogP contribution in [0, 0.1) is 28.6 Å². The molecule has 1 heterocycles. The van der Waals surface area contributed by atoms with Crippen molar-refractivity contribution in [3.05, 3.63) is 12.7 Å². The number of hydrogen-bond acceptors (Lipinski definition) is 6. The van der Waals surface area contributed by atoms with Crippen LogP contribution in [0.4, 0.5) is 0 Å². The minimum atomic E-state index is -2.87. The highest BCUT2D eigenvalue weighted by atomic mass is 16.5. The van der Waals surface area contributed by atoms with E-state index in [1.807, 2.05) is 13.8 Å². The molecule has 1 saturated heterocycles. The van der Waals surface area contributed by atoms with Gasteiger partial charge in [-0.2, -0.15) is 0 Å². The Morgan fingerprint density at radius 3 is 2.31 bits per heavy atom. The van der Waals surface area contributed by atoms with Crippen LogP contribution in [-0.4, -0.2) is 55.3 Å². The highest BCUT2D eigenvalue weighted by molar-refractivity contribution is 5.93. The maximum Gasteiger partial charge on any atom is 0.303 e. The van der Waals surface area contributed by atoms with Crippen LogP contribution in [0.2, 0.25) is 0 Å². The quantitative estimate of drug-likeness (QED) is 0.414. The molecule has 0 aromatic heterocycles. The Hall–Kier alpha value is -1.28. The Balaban J connectivity index is 2.20. The van der Waals surface area contributed by atoms with Crippen LogP contribution < -0.4 is 0 Å². The Kier molecular flexibility index (Phi) is 4.91. The molecular formula is C22H34O7. The third kappa shape index (κ3) is 2.85. The average Bonchev–Trinajstić information content (AvgIpc) is 2.61. The lowest BCUT2D eigenvalue weighted by Gasteiger charge is -2.68. The van der Waals surface area contributed by atoms with Crippen LogP contribution in [0.15, 0.2) is 12.7 Å². The van der Waals surface area contributed by atoms with Crippen LogP contribution in [0.5, 0.6) is 0 Å². The lowest BCUT2D eigenvalue weighted by atomic mass is 9.40. The van der Waals surface area contributed by atoms with E-state index in [4.69, 9.17) is 4.74 Å². The van der Waals surface area contributed by atoms with Crippen molar-refractivity contribution in [3.63, 3.8) is 0 Å². The summed E-state index contributed by atoms with van der Waals surface area (Å²) in [6, 6.07) is 0. The zero-order chi connectivity index (χ0) is 22.2. The molecule has 0 aromatic carbocycles. The fourth-order valence-corrected chi connectivity index (χ4v) is 6.87. The third-order valence-electron chi connectivity index (χ3n) is 8.51. The number of aliphatic hydroxyl groups is 3. The molecule has 164 valence electrons. The molecule has 1 unspecified atom stereocenters. The van der Waals surface area contributed by atoms with E-state index in [1.54, 1.807) is 26.8 Å². The van der Waals surface area contributed by atoms with Crippen molar-refractivity contribution >= 4 is 11.8 Å². The third-order valence-corrected chi connectivity index (χ3v) is 8.51. The maximum absolute atomic E-state index is 13.4. The molecule has 3 aliphatic rings. The van der Waals surface area contributed by atoms with Crippen molar-refractivity contribution in [2.24, 2.45) is 28.6 Å². The van der Waals surface area contributed by atoms with Gasteiger partial charge in [-0.05, 0) is 44.9 Å². The molecule has 2 saturated carbocycles. The number of ether oxygens (including phenoxy) is 1. The van der Waals surface area contributed by atoms with Gasteiger partial charge in [-0.1, -0.05) is 26.8 Å². The van der Waals surface area contributed by atoms with Gasteiger partial charge in [0.05, 0.1) is 17.6 Å². The predicted octanol–water partition coefficient (Wildman–Crippen LogP) is 1.88. The average molecular weight is 411 g/mol. The summed E-state index contributed by atoms with van der Waals surface area (Å²) in [5.74, 6) is -5.88. The molecule has 0 spiro atoms. The Morgan fingerprint density at radius 2 is 1.79 bits per heavy atom. The van der Waals surface area contributed by atoms with Gasteiger partial charge in [-0.15, -0.1) is 6.58 Å². The highest BCUT2D eigenvalue weighted by Gasteiger charge is 2.74. The van der Waals surface area contributed by atoms with Crippen LogP contribution in [-0.2, 0) is 14.3 Å². The fraction of sp³-hybridized carbons (Fsp3) is 0.818. The van der Waals surface area contributed by atoms with Crippen molar-refractivity contribution in [2.75, 3.05) is 0 Å². The second kappa shape index (κ2) is 6.36. The Morgan fingerprint density at radius 1 is 1.21 bits per heavy atom. The molecule has 0 aromatic rings. The Bertz CT molecular complexity index is 743. The molecule has 0 radical (unpaired) electrons. The van der Waals surface area contributed by atoms with Gasteiger partial charge in [0.15, 0.2) is 0 Å². The molecule has 2 aliphatic carbocycles. The molecule has 7 atom stereocenters. The van der Waals surface area contributed by atoms with E-state index in [0.29, 0.717) is 19.3 Å². The summed E-state index contributed by atoms with van der Waals surface area (Å²) in [5, 5.41) is 41.4. The first-order valence-corrected chi connectivity index (χ1v) is 10.3. The molecule has 4 N–H and O–H groups in total. The highest BCUT2D eigenvalue weighted by Crippen LogP contribution is 2.67. The van der Waals surface area contributed by atoms with E-state index in [1.165, 1.54) is 0 Å². The van der Waals surface area contributed by atoms with Crippen LogP contribution >= 0.6 is 0 Å². The number of Topliss-reactive ketones (excluding diaryl/α,β-unsaturated/α-hetero) is 1. The second-order valence-electron chi connectivity index (χ2n) is 10.5. The van der Waals surface area contributed by atoms with Crippen molar-refractivity contribution in [3.8, 4) is 0 Å². The summed E-state index contributed by atoms with van der Waals surface area (Å²) in [7, 11) is 0. The number of aliphatic carboxylic acids is 1. The summed E-state index contributed by atoms with van der Waals surface area (Å²) in [4.78, 5) is 25.1. The van der Waals surface area contributed by atoms with Gasteiger partial charge in [-0.3, -0.25) is 9.59 Å². The number of fused-ring (bicyclic) bond motifs is 3. The molecule has 3 fully saturated rings. The normalized spacial score (nSPS) is 48.3. The van der Waals surface area contributed by atoms with Gasteiger partial charge in [0.1, 0.15) is 6.10 Å². The van der Waals surface area contributed by atoms with E-state index >= 15 is 0 Å². The molecule has 29 heavy (non-hydrogen) atoms. The summed E-state index contributed by atoms with van der Waals surface area (Å²) in [5.41, 5.74) is -3.82. The minimum Gasteiger partial charge on any atom is -0.481 e. The summed E-state index contributed by atoms with van der Waals surface area (Å²) < 4.78 is 6.49. The topological polar surface area (TPSA) is 124 Å². The van der Waals surface area contributed by atoms with Gasteiger partial charge in [0.2, 0.25) is 5.78 Å². The number of aliphatic hydroxyl groups excluding tert-OH is 1. The zero-order valence-electron chi connectivity index (χ0n) is 17.9. The molecule has 0 bridgehead atoms. The fourth-order valence-electron chi connectivity index (χ4n) is 6.87. The Labute approximate surface area is 171 Å². The van der Waals surface area contributed by atoms with E-state index in [-0.39, 0.29) is 6.42 Å². The van der Waals surface area contributed by atoms with Crippen molar-refractivity contribution in [1.29, 1.82) is 0 Å². The lowest BCUT2D eigenvalue weighted by Crippen LogP contribution is -2.76. The minimum absolute atomic E-state index is 0.128. The summed E-state index contributed by atoms with van der Waals surface area (Å²) in [6.07, 6.45) is 1.37. The van der Waals surface area contributed by atoms with Gasteiger partial charge in [-0.25, -0.2) is 0 Å². The second-order valence-corrected chi connectivity index (χ2v) is 10.5. The lowest BCUT2D eigenvalue weighted by molar-refractivity contribution is -0.318. The molecule has 7 heteroatoms. The van der Waals surface area contributed by atoms with Crippen LogP contribution in [0.25, 0.3) is 0 Å². The summed E-state index contributed by atoms with van der Waals surface area (Å²) in [6.45, 7) is 12.8. The first kappa shape index (κ1) is 22.4. The van der Waals surface area contributed by atoms with Crippen molar-refractivity contribution in [2.45, 2.75) is 83.4 Å². The van der Waals surface area contributed by atoms with E-state index in [9.17, 15) is 30.0 Å². The van der Waals surface area contributed by atoms with Gasteiger partial charge in [0, 0.05) is 16.7 Å². The molecule has 0 amide bonds. The summed E-state index contributed by atoms with van der Waals surface area (Å²) >= 11 is 0. The first-order chi connectivity index (χ1) is 13.1. The molecule has 3 rings (SSSR count). The van der Waals surface area contributed by atoms with E-state index in [2.05, 4.69) is 6.58 Å². The predicted molar refractivity (Wildman–Crippen MR) is 105 cm³/mol. The van der Waals surface area contributed by atoms with Gasteiger partial charge < -0.3 is 25.2 Å². The van der Waals surface area contributed by atoms with E-state index < -0.39 is 63.4 Å². The number of hydrogen-bond donors (Lipinski definition) is 4. The standard InChI is InChI=1S/C22H34O7/c1-7-19(4)9-8-13-20(5)14(10-12(11-15(23)24)21(13,6)29-19)18(2,3)16(25)22(27,28)17(20)26/h7,12-14,16,25,27-28H,1,8-11H2,2-6H3,(H,23,24)/t12-,13-,14+,16?,19+,20-,21-/m1/s1. The molecule has 7 nitrogen and oxygen atoms in total. The number of carboxylic acid groups (broad SMARTS) is 1. The molecule has 1 aliphatic heterocycles. The number of rotatable bonds is 3. The maximum atomic E-state index is 13.4. The number of carbonyl (C=O) groups excluding carboxylic acids is 1. The van der Waals surface area contributed by atoms with E-state index in [0.717, 1.165) is 0 Å². The number of ketones is 1.